The van der Waals surface area contributed by atoms with Gasteiger partial charge < -0.3 is 15.4 Å². The number of benzene rings is 2. The van der Waals surface area contributed by atoms with Gasteiger partial charge in [0, 0.05) is 24.5 Å². The minimum Gasteiger partial charge on any atom is -0.497 e. The van der Waals surface area contributed by atoms with Crippen molar-refractivity contribution in [3.05, 3.63) is 77.9 Å². The zero-order chi connectivity index (χ0) is 19.1. The first-order valence-electron chi connectivity index (χ1n) is 8.41. The molecule has 2 aromatic carbocycles. The Balaban J connectivity index is 1.58. The Morgan fingerprint density at radius 1 is 1.15 bits per heavy atom. The van der Waals surface area contributed by atoms with Crippen LogP contribution >= 0.6 is 0 Å². The van der Waals surface area contributed by atoms with Crippen LogP contribution in [0.1, 0.15) is 16.1 Å². The minimum atomic E-state index is -0.341. The summed E-state index contributed by atoms with van der Waals surface area (Å²) in [5, 5.41) is 5.84. The quantitative estimate of drug-likeness (QED) is 0.669. The highest BCUT2D eigenvalue weighted by Gasteiger charge is 2.09. The first-order valence-corrected chi connectivity index (χ1v) is 8.41. The van der Waals surface area contributed by atoms with Gasteiger partial charge in [-0.05, 0) is 42.3 Å². The average Bonchev–Trinajstić information content (AvgIpc) is 2.70. The summed E-state index contributed by atoms with van der Waals surface area (Å²) < 4.78 is 18.1. The van der Waals surface area contributed by atoms with E-state index in [4.69, 9.17) is 4.74 Å². The zero-order valence-corrected chi connectivity index (χ0v) is 14.8. The van der Waals surface area contributed by atoms with Crippen molar-refractivity contribution in [2.45, 2.75) is 6.42 Å². The van der Waals surface area contributed by atoms with E-state index in [1.54, 1.807) is 49.6 Å². The van der Waals surface area contributed by atoms with Crippen molar-refractivity contribution in [3.63, 3.8) is 0 Å². The van der Waals surface area contributed by atoms with Crippen LogP contribution < -0.4 is 15.4 Å². The highest BCUT2D eigenvalue weighted by molar-refractivity contribution is 6.03. The first-order chi connectivity index (χ1) is 13.1. The van der Waals surface area contributed by atoms with Crippen molar-refractivity contribution in [2.24, 2.45) is 0 Å². The summed E-state index contributed by atoms with van der Waals surface area (Å²) >= 11 is 0. The Kier molecular flexibility index (Phi) is 5.94. The van der Waals surface area contributed by atoms with Crippen molar-refractivity contribution in [3.8, 4) is 5.75 Å². The van der Waals surface area contributed by atoms with Gasteiger partial charge in [-0.15, -0.1) is 0 Å². The molecule has 0 aliphatic carbocycles. The SMILES string of the molecule is COc1cccc(NC(=O)c2ccnc(NCCc3ccc(F)cc3)n2)c1. The number of aromatic nitrogens is 2. The van der Waals surface area contributed by atoms with Gasteiger partial charge in [0.05, 0.1) is 7.11 Å². The number of halogens is 1. The molecule has 7 heteroatoms. The molecule has 0 bridgehead atoms. The highest BCUT2D eigenvalue weighted by Crippen LogP contribution is 2.17. The number of rotatable bonds is 7. The lowest BCUT2D eigenvalue weighted by molar-refractivity contribution is 0.102. The van der Waals surface area contributed by atoms with Crippen LogP contribution in [-0.4, -0.2) is 29.5 Å². The molecule has 0 saturated carbocycles. The molecule has 3 aromatic rings. The zero-order valence-electron chi connectivity index (χ0n) is 14.8. The molecule has 3 rings (SSSR count). The Morgan fingerprint density at radius 3 is 2.74 bits per heavy atom. The summed E-state index contributed by atoms with van der Waals surface area (Å²) in [5.74, 6) is 0.408. The van der Waals surface area contributed by atoms with E-state index in [-0.39, 0.29) is 17.4 Å². The summed E-state index contributed by atoms with van der Waals surface area (Å²) in [6.07, 6.45) is 2.21. The van der Waals surface area contributed by atoms with Gasteiger partial charge in [-0.3, -0.25) is 4.79 Å². The highest BCUT2D eigenvalue weighted by atomic mass is 19.1. The Morgan fingerprint density at radius 2 is 1.96 bits per heavy atom. The number of methoxy groups -OCH3 is 1. The van der Waals surface area contributed by atoms with Gasteiger partial charge in [0.25, 0.3) is 5.91 Å². The fourth-order valence-corrected chi connectivity index (χ4v) is 2.44. The predicted octanol–water partition coefficient (Wildman–Crippen LogP) is 3.53. The number of nitrogens with one attached hydrogen (secondary N) is 2. The van der Waals surface area contributed by atoms with Crippen molar-refractivity contribution < 1.29 is 13.9 Å². The van der Waals surface area contributed by atoms with E-state index in [0.29, 0.717) is 30.4 Å². The maximum Gasteiger partial charge on any atom is 0.274 e. The number of anilines is 2. The molecular weight excluding hydrogens is 347 g/mol. The van der Waals surface area contributed by atoms with E-state index in [1.807, 2.05) is 0 Å². The smallest absolute Gasteiger partial charge is 0.274 e. The Hall–Kier alpha value is -3.48. The molecule has 1 heterocycles. The summed E-state index contributed by atoms with van der Waals surface area (Å²) in [4.78, 5) is 20.7. The van der Waals surface area contributed by atoms with Crippen LogP contribution in [-0.2, 0) is 6.42 Å². The maximum absolute atomic E-state index is 12.9. The largest absolute Gasteiger partial charge is 0.497 e. The molecule has 0 aliphatic heterocycles. The van der Waals surface area contributed by atoms with Gasteiger partial charge >= 0.3 is 0 Å². The van der Waals surface area contributed by atoms with E-state index in [9.17, 15) is 9.18 Å². The topological polar surface area (TPSA) is 76.1 Å². The fraction of sp³-hybridized carbons (Fsp3) is 0.150. The summed E-state index contributed by atoms with van der Waals surface area (Å²) in [6, 6.07) is 14.9. The molecule has 27 heavy (non-hydrogen) atoms. The number of hydrogen-bond acceptors (Lipinski definition) is 5. The summed E-state index contributed by atoms with van der Waals surface area (Å²) in [5.41, 5.74) is 1.86. The van der Waals surface area contributed by atoms with Crippen LogP contribution in [0.5, 0.6) is 5.75 Å². The number of nitrogens with zero attached hydrogens (tertiary/aromatic N) is 2. The van der Waals surface area contributed by atoms with Crippen LogP contribution in [0.3, 0.4) is 0 Å². The molecular formula is C20H19FN4O2. The molecule has 0 spiro atoms. The molecule has 0 atom stereocenters. The van der Waals surface area contributed by atoms with Crippen LogP contribution in [0.15, 0.2) is 60.8 Å². The standard InChI is InChI=1S/C20H19FN4O2/c1-27-17-4-2-3-16(13-17)24-19(26)18-10-12-23-20(25-18)22-11-9-14-5-7-15(21)8-6-14/h2-8,10,12-13H,9,11H2,1H3,(H,24,26)(H,22,23,25). The molecule has 0 fully saturated rings. The third kappa shape index (κ3) is 5.24. The van der Waals surface area contributed by atoms with Gasteiger partial charge in [-0.2, -0.15) is 0 Å². The molecule has 1 aromatic heterocycles. The Labute approximate surface area is 156 Å². The van der Waals surface area contributed by atoms with Gasteiger partial charge in [-0.25, -0.2) is 14.4 Å². The second-order valence-corrected chi connectivity index (χ2v) is 5.75. The van der Waals surface area contributed by atoms with Crippen LogP contribution in [0.4, 0.5) is 16.0 Å². The van der Waals surface area contributed by atoms with Crippen molar-refractivity contribution >= 4 is 17.5 Å². The number of carbonyl (C=O) groups excluding carboxylic acids is 1. The van der Waals surface area contributed by atoms with Crippen LogP contribution in [0, 0.1) is 5.82 Å². The van der Waals surface area contributed by atoms with Crippen LogP contribution in [0.2, 0.25) is 0 Å². The molecule has 0 unspecified atom stereocenters. The third-order valence-electron chi connectivity index (χ3n) is 3.83. The second-order valence-electron chi connectivity index (χ2n) is 5.75. The van der Waals surface area contributed by atoms with Gasteiger partial charge in [0.1, 0.15) is 17.3 Å². The second kappa shape index (κ2) is 8.75. The third-order valence-corrected chi connectivity index (χ3v) is 3.83. The summed E-state index contributed by atoms with van der Waals surface area (Å²) in [6.45, 7) is 0.562. The van der Waals surface area contributed by atoms with Gasteiger partial charge in [0.15, 0.2) is 0 Å². The molecule has 1 amide bonds. The predicted molar refractivity (Wildman–Crippen MR) is 102 cm³/mol. The van der Waals surface area contributed by atoms with Crippen LogP contribution in [0.25, 0.3) is 0 Å². The molecule has 0 aliphatic rings. The number of carbonyl (C=O) groups is 1. The van der Waals surface area contributed by atoms with Crippen molar-refractivity contribution in [1.29, 1.82) is 0 Å². The lowest BCUT2D eigenvalue weighted by atomic mass is 10.1. The fourth-order valence-electron chi connectivity index (χ4n) is 2.44. The number of amides is 1. The molecule has 138 valence electrons. The number of hydrogen-bond donors (Lipinski definition) is 2. The first kappa shape index (κ1) is 18.3. The van der Waals surface area contributed by atoms with E-state index in [2.05, 4.69) is 20.6 Å². The normalized spacial score (nSPS) is 10.3. The number of ether oxygens (including phenoxy) is 1. The molecule has 0 saturated heterocycles. The minimum absolute atomic E-state index is 0.247. The van der Waals surface area contributed by atoms with Gasteiger partial charge in [-0.1, -0.05) is 18.2 Å². The van der Waals surface area contributed by atoms with E-state index < -0.39 is 0 Å². The maximum atomic E-state index is 12.9. The lowest BCUT2D eigenvalue weighted by Crippen LogP contribution is -2.16. The van der Waals surface area contributed by atoms with E-state index in [1.165, 1.54) is 18.3 Å². The Bertz CT molecular complexity index is 916. The molecule has 2 N–H and O–H groups in total. The summed E-state index contributed by atoms with van der Waals surface area (Å²) in [7, 11) is 1.56. The van der Waals surface area contributed by atoms with Crippen molar-refractivity contribution in [2.75, 3.05) is 24.3 Å². The monoisotopic (exact) mass is 366 g/mol. The molecule has 6 nitrogen and oxygen atoms in total. The van der Waals surface area contributed by atoms with E-state index in [0.717, 1.165) is 5.56 Å². The van der Waals surface area contributed by atoms with E-state index >= 15 is 0 Å². The van der Waals surface area contributed by atoms with Crippen molar-refractivity contribution in [1.82, 2.24) is 9.97 Å². The lowest BCUT2D eigenvalue weighted by Gasteiger charge is -2.08. The van der Waals surface area contributed by atoms with Gasteiger partial charge in [0.2, 0.25) is 5.95 Å². The average molecular weight is 366 g/mol. The molecule has 0 radical (unpaired) electrons.